The second kappa shape index (κ2) is 12.2. The van der Waals surface area contributed by atoms with Crippen molar-refractivity contribution in [3.8, 4) is 5.75 Å². The molecule has 2 N–H and O–H groups in total. The lowest BCUT2D eigenvalue weighted by atomic mass is 9.89. The van der Waals surface area contributed by atoms with Gasteiger partial charge in [0.1, 0.15) is 17.4 Å². The smallest absolute Gasteiger partial charge is 0.323 e. The summed E-state index contributed by atoms with van der Waals surface area (Å²) < 4.78 is 16.2. The first kappa shape index (κ1) is 25.4. The summed E-state index contributed by atoms with van der Waals surface area (Å²) in [5, 5.41) is 0. The van der Waals surface area contributed by atoms with Crippen LogP contribution in [-0.4, -0.2) is 36.8 Å². The van der Waals surface area contributed by atoms with Gasteiger partial charge in [-0.3, -0.25) is 9.59 Å². The van der Waals surface area contributed by atoms with Crippen molar-refractivity contribution in [2.75, 3.05) is 13.2 Å². The molecule has 0 fully saturated rings. The fourth-order valence-electron chi connectivity index (χ4n) is 3.26. The van der Waals surface area contributed by atoms with Crippen LogP contribution in [0.2, 0.25) is 0 Å². The number of ether oxygens (including phenoxy) is 3. The topological polar surface area (TPSA) is 87.9 Å². The minimum Gasteiger partial charge on any atom is -0.494 e. The van der Waals surface area contributed by atoms with Crippen molar-refractivity contribution in [2.24, 2.45) is 5.73 Å². The number of esters is 2. The van der Waals surface area contributed by atoms with Crippen LogP contribution in [-0.2, 0) is 25.5 Å². The van der Waals surface area contributed by atoms with Gasteiger partial charge in [0, 0.05) is 6.42 Å². The van der Waals surface area contributed by atoms with E-state index in [4.69, 9.17) is 19.9 Å². The SMILES string of the molecule is CCOC(=O)CC(Cc1ccc(OCC[C@H](N)C(=O)OC(C)(C)C)cc1)c1ccccc1. The molecule has 0 heterocycles. The zero-order valence-corrected chi connectivity index (χ0v) is 19.5. The maximum Gasteiger partial charge on any atom is 0.323 e. The van der Waals surface area contributed by atoms with E-state index in [1.165, 1.54) is 0 Å². The van der Waals surface area contributed by atoms with Gasteiger partial charge in [-0.25, -0.2) is 0 Å². The lowest BCUT2D eigenvalue weighted by Crippen LogP contribution is -2.38. The van der Waals surface area contributed by atoms with Crippen LogP contribution in [0.1, 0.15) is 57.6 Å². The molecule has 0 aliphatic carbocycles. The monoisotopic (exact) mass is 441 g/mol. The van der Waals surface area contributed by atoms with Crippen LogP contribution in [0.15, 0.2) is 54.6 Å². The summed E-state index contributed by atoms with van der Waals surface area (Å²) >= 11 is 0. The third kappa shape index (κ3) is 9.10. The minimum absolute atomic E-state index is 0.0360. The van der Waals surface area contributed by atoms with Gasteiger partial charge in [0.15, 0.2) is 0 Å². The van der Waals surface area contributed by atoms with Crippen LogP contribution in [0, 0.1) is 0 Å². The molecule has 174 valence electrons. The Morgan fingerprint density at radius 3 is 2.25 bits per heavy atom. The Bertz CT molecular complexity index is 843. The molecule has 0 saturated carbocycles. The highest BCUT2D eigenvalue weighted by Gasteiger charge is 2.22. The zero-order chi connectivity index (χ0) is 23.6. The average Bonchev–Trinajstić information content (AvgIpc) is 2.74. The van der Waals surface area contributed by atoms with Crippen molar-refractivity contribution in [3.05, 3.63) is 65.7 Å². The van der Waals surface area contributed by atoms with Gasteiger partial charge < -0.3 is 19.9 Å². The summed E-state index contributed by atoms with van der Waals surface area (Å²) in [5.41, 5.74) is 7.54. The Morgan fingerprint density at radius 1 is 1.00 bits per heavy atom. The third-order valence-electron chi connectivity index (χ3n) is 4.80. The normalized spacial score (nSPS) is 13.2. The van der Waals surface area contributed by atoms with Crippen LogP contribution >= 0.6 is 0 Å². The number of rotatable bonds is 11. The summed E-state index contributed by atoms with van der Waals surface area (Å²) in [4.78, 5) is 24.0. The van der Waals surface area contributed by atoms with E-state index in [1.807, 2.05) is 82.3 Å². The molecule has 0 amide bonds. The Labute approximate surface area is 191 Å². The van der Waals surface area contributed by atoms with E-state index in [-0.39, 0.29) is 11.9 Å². The van der Waals surface area contributed by atoms with Crippen molar-refractivity contribution < 1.29 is 23.8 Å². The molecule has 2 atom stereocenters. The second-order valence-corrected chi connectivity index (χ2v) is 8.74. The van der Waals surface area contributed by atoms with Crippen molar-refractivity contribution in [2.45, 2.75) is 64.5 Å². The van der Waals surface area contributed by atoms with Crippen molar-refractivity contribution >= 4 is 11.9 Å². The largest absolute Gasteiger partial charge is 0.494 e. The molecule has 6 nitrogen and oxygen atoms in total. The first-order chi connectivity index (χ1) is 15.2. The maximum absolute atomic E-state index is 12.1. The van der Waals surface area contributed by atoms with E-state index in [1.54, 1.807) is 0 Å². The van der Waals surface area contributed by atoms with E-state index in [0.29, 0.717) is 38.2 Å². The van der Waals surface area contributed by atoms with Crippen molar-refractivity contribution in [3.63, 3.8) is 0 Å². The molecule has 0 saturated heterocycles. The summed E-state index contributed by atoms with van der Waals surface area (Å²) in [6.45, 7) is 7.94. The van der Waals surface area contributed by atoms with Crippen LogP contribution in [0.5, 0.6) is 5.75 Å². The molecule has 1 unspecified atom stereocenters. The standard InChI is InChI=1S/C26H35NO5/c1-5-30-24(28)18-21(20-9-7-6-8-10-20)17-19-11-13-22(14-12-19)31-16-15-23(27)25(29)32-26(2,3)4/h6-14,21,23H,5,15-18,27H2,1-4H3/t21?,23-/m0/s1. The molecule has 32 heavy (non-hydrogen) atoms. The van der Waals surface area contributed by atoms with Crippen LogP contribution < -0.4 is 10.5 Å². The fraction of sp³-hybridized carbons (Fsp3) is 0.462. The number of carbonyl (C=O) groups excluding carboxylic acids is 2. The highest BCUT2D eigenvalue weighted by molar-refractivity contribution is 5.75. The van der Waals surface area contributed by atoms with Crippen LogP contribution in [0.4, 0.5) is 0 Å². The molecule has 2 aromatic rings. The van der Waals surface area contributed by atoms with Crippen LogP contribution in [0.3, 0.4) is 0 Å². The highest BCUT2D eigenvalue weighted by atomic mass is 16.6. The number of carbonyl (C=O) groups is 2. The molecular formula is C26H35NO5. The highest BCUT2D eigenvalue weighted by Crippen LogP contribution is 2.26. The maximum atomic E-state index is 12.1. The zero-order valence-electron chi connectivity index (χ0n) is 19.5. The van der Waals surface area contributed by atoms with Gasteiger partial charge in [0.2, 0.25) is 0 Å². The van der Waals surface area contributed by atoms with E-state index in [2.05, 4.69) is 0 Å². The van der Waals surface area contributed by atoms with Crippen LogP contribution in [0.25, 0.3) is 0 Å². The van der Waals surface area contributed by atoms with Gasteiger partial charge in [-0.15, -0.1) is 0 Å². The van der Waals surface area contributed by atoms with E-state index in [0.717, 1.165) is 11.1 Å². The van der Waals surface area contributed by atoms with Gasteiger partial charge in [-0.05, 0) is 63.3 Å². The number of hydrogen-bond acceptors (Lipinski definition) is 6. The molecule has 0 aliphatic heterocycles. The number of hydrogen-bond donors (Lipinski definition) is 1. The molecule has 2 aromatic carbocycles. The molecule has 0 radical (unpaired) electrons. The third-order valence-corrected chi connectivity index (χ3v) is 4.80. The first-order valence-electron chi connectivity index (χ1n) is 11.1. The predicted molar refractivity (Wildman–Crippen MR) is 125 cm³/mol. The van der Waals surface area contributed by atoms with E-state index in [9.17, 15) is 9.59 Å². The van der Waals surface area contributed by atoms with Gasteiger partial charge >= 0.3 is 11.9 Å². The Kier molecular flexibility index (Phi) is 9.72. The Morgan fingerprint density at radius 2 is 1.66 bits per heavy atom. The second-order valence-electron chi connectivity index (χ2n) is 8.74. The molecule has 0 aromatic heterocycles. The van der Waals surface area contributed by atoms with Crippen molar-refractivity contribution in [1.82, 2.24) is 0 Å². The number of benzene rings is 2. The summed E-state index contributed by atoms with van der Waals surface area (Å²) in [6.07, 6.45) is 1.41. The van der Waals surface area contributed by atoms with Gasteiger partial charge in [0.05, 0.1) is 19.6 Å². The Balaban J connectivity index is 1.91. The quantitative estimate of drug-likeness (QED) is 0.520. The van der Waals surface area contributed by atoms with E-state index < -0.39 is 17.6 Å². The summed E-state index contributed by atoms with van der Waals surface area (Å²) in [5.74, 6) is 0.119. The summed E-state index contributed by atoms with van der Waals surface area (Å²) in [6, 6.07) is 17.0. The molecule has 0 bridgehead atoms. The van der Waals surface area contributed by atoms with Gasteiger partial charge in [-0.1, -0.05) is 42.5 Å². The van der Waals surface area contributed by atoms with E-state index >= 15 is 0 Å². The van der Waals surface area contributed by atoms with Gasteiger partial charge in [-0.2, -0.15) is 0 Å². The minimum atomic E-state index is -0.719. The molecular weight excluding hydrogens is 406 g/mol. The molecule has 6 heteroatoms. The van der Waals surface area contributed by atoms with Crippen molar-refractivity contribution in [1.29, 1.82) is 0 Å². The average molecular weight is 442 g/mol. The Hall–Kier alpha value is -2.86. The summed E-state index contributed by atoms with van der Waals surface area (Å²) in [7, 11) is 0. The predicted octanol–water partition coefficient (Wildman–Crippen LogP) is 4.40. The lowest BCUT2D eigenvalue weighted by molar-refractivity contribution is -0.156. The first-order valence-corrected chi connectivity index (χ1v) is 11.1. The molecule has 0 aliphatic rings. The van der Waals surface area contributed by atoms with Gasteiger partial charge in [0.25, 0.3) is 0 Å². The number of nitrogens with two attached hydrogens (primary N) is 1. The lowest BCUT2D eigenvalue weighted by Gasteiger charge is -2.22. The molecule has 0 spiro atoms. The fourth-order valence-corrected chi connectivity index (χ4v) is 3.26. The molecule has 2 rings (SSSR count).